The Bertz CT molecular complexity index is 263. The second-order valence-corrected chi connectivity index (χ2v) is 3.00. The molecule has 0 aromatic heterocycles. The van der Waals surface area contributed by atoms with Crippen molar-refractivity contribution in [1.82, 2.24) is 0 Å². The lowest BCUT2D eigenvalue weighted by atomic mass is 10.1. The molecule has 2 nitrogen and oxygen atoms in total. The molecule has 3 radical (unpaired) electrons. The van der Waals surface area contributed by atoms with E-state index in [0.717, 1.165) is 12.2 Å². The molecule has 3 heteroatoms. The molecule has 1 rings (SSSR count). The van der Waals surface area contributed by atoms with Gasteiger partial charge in [-0.25, -0.2) is 0 Å². The molecule has 1 aromatic rings. The second kappa shape index (κ2) is 5.04. The number of rotatable bonds is 4. The van der Waals surface area contributed by atoms with Crippen LogP contribution in [-0.4, -0.2) is 16.8 Å². The van der Waals surface area contributed by atoms with Crippen LogP contribution >= 0.6 is 0 Å². The van der Waals surface area contributed by atoms with Crippen molar-refractivity contribution in [1.29, 1.82) is 0 Å². The average molecular weight is 193 g/mol. The number of para-hydroxylation sites is 1. The fourth-order valence-electron chi connectivity index (χ4n) is 1.11. The van der Waals surface area contributed by atoms with Crippen molar-refractivity contribution in [3.63, 3.8) is 0 Å². The minimum Gasteiger partial charge on any atom is -0.466 e. The lowest BCUT2D eigenvalue weighted by Crippen LogP contribution is -2.15. The Labute approximate surface area is 82.4 Å². The third kappa shape index (κ3) is 2.86. The van der Waals surface area contributed by atoms with Crippen LogP contribution in [0.4, 0.5) is 0 Å². The van der Waals surface area contributed by atoms with Gasteiger partial charge in [0.1, 0.15) is 5.75 Å². The van der Waals surface area contributed by atoms with Gasteiger partial charge in [-0.15, -0.1) is 0 Å². The zero-order valence-electron chi connectivity index (χ0n) is 7.91. The van der Waals surface area contributed by atoms with Crippen LogP contribution < -0.4 is 4.74 Å². The number of benzene rings is 1. The van der Waals surface area contributed by atoms with Gasteiger partial charge >= 0.3 is 0 Å². The molecular weight excluding hydrogens is 180 g/mol. The summed E-state index contributed by atoms with van der Waals surface area (Å²) in [5.74, 6) is 0.885. The lowest BCUT2D eigenvalue weighted by Gasteiger charge is -2.15. The summed E-state index contributed by atoms with van der Waals surface area (Å²) >= 11 is 0. The smallest absolute Gasteiger partial charge is 0.251 e. The minimum absolute atomic E-state index is 0.274. The van der Waals surface area contributed by atoms with E-state index in [1.807, 2.05) is 25.1 Å². The predicted molar refractivity (Wildman–Crippen MR) is 52.7 cm³/mol. The van der Waals surface area contributed by atoms with Crippen molar-refractivity contribution in [3.8, 4) is 5.75 Å². The third-order valence-electron chi connectivity index (χ3n) is 1.81. The summed E-state index contributed by atoms with van der Waals surface area (Å²) in [6.45, 7) is 3.93. The molecule has 13 heavy (non-hydrogen) atoms. The summed E-state index contributed by atoms with van der Waals surface area (Å²) in [6, 6.07) is 7.95. The molecule has 0 spiro atoms. The fraction of sp³-hybridized carbons (Fsp3) is 0.400. The molecule has 1 unspecified atom stereocenters. The summed E-state index contributed by atoms with van der Waals surface area (Å²) in [7, 11) is 2.94. The molecule has 0 aliphatic rings. The molecule has 0 amide bonds. The largest absolute Gasteiger partial charge is 0.466 e. The monoisotopic (exact) mass is 193 g/mol. The van der Waals surface area contributed by atoms with Crippen LogP contribution in [0.2, 0.25) is 0 Å². The van der Waals surface area contributed by atoms with E-state index in [9.17, 15) is 0 Å². The third-order valence-corrected chi connectivity index (χ3v) is 2.14. The Hall–Kier alpha value is -0.803. The van der Waals surface area contributed by atoms with E-state index in [1.54, 1.807) is 0 Å². The van der Waals surface area contributed by atoms with E-state index in [1.165, 1.54) is 5.56 Å². The van der Waals surface area contributed by atoms with E-state index in [0.29, 0.717) is 0 Å². The molecule has 1 aromatic carbocycles. The molecule has 0 saturated heterocycles. The first-order valence-corrected chi connectivity index (χ1v) is 4.75. The topological polar surface area (TPSA) is 18.5 Å². The van der Waals surface area contributed by atoms with Crippen molar-refractivity contribution in [2.75, 3.05) is 0 Å². The highest BCUT2D eigenvalue weighted by Gasteiger charge is 2.04. The Kier molecular flexibility index (Phi) is 3.99. The van der Waals surface area contributed by atoms with E-state index in [-0.39, 0.29) is 6.29 Å². The molecule has 0 heterocycles. The summed E-state index contributed by atoms with van der Waals surface area (Å²) in [5.41, 5.74) is 1.19. The van der Waals surface area contributed by atoms with Gasteiger partial charge in [0.05, 0.1) is 0 Å². The van der Waals surface area contributed by atoms with Crippen LogP contribution in [0.1, 0.15) is 19.4 Å². The molecule has 0 bridgehead atoms. The maximum absolute atomic E-state index is 5.51. The molecule has 1 atom stereocenters. The van der Waals surface area contributed by atoms with Crippen LogP contribution in [-0.2, 0) is 10.8 Å². The maximum atomic E-state index is 5.51. The van der Waals surface area contributed by atoms with E-state index < -0.39 is 0 Å². The Morgan fingerprint density at radius 1 is 1.38 bits per heavy atom. The van der Waals surface area contributed by atoms with Crippen molar-refractivity contribution < 1.29 is 9.16 Å². The number of ether oxygens (including phenoxy) is 1. The Balaban J connectivity index is 2.74. The normalized spacial score (nSPS) is 12.5. The summed E-state index contributed by atoms with van der Waals surface area (Å²) in [5, 5.41) is 0. The molecule has 0 fully saturated rings. The number of hydrogen-bond donors (Lipinski definition) is 0. The number of hydrogen-bond acceptors (Lipinski definition) is 2. The highest BCUT2D eigenvalue weighted by Crippen LogP contribution is 2.19. The van der Waals surface area contributed by atoms with Crippen molar-refractivity contribution in [2.24, 2.45) is 0 Å². The van der Waals surface area contributed by atoms with E-state index >= 15 is 0 Å². The highest BCUT2D eigenvalue weighted by atomic mass is 28.2. The van der Waals surface area contributed by atoms with Crippen molar-refractivity contribution >= 4 is 10.5 Å². The first-order chi connectivity index (χ1) is 6.27. The molecule has 0 N–H and O–H groups in total. The SMILES string of the molecule is CCc1ccccc1OC(C)O[Si]. The quantitative estimate of drug-likeness (QED) is 0.538. The summed E-state index contributed by atoms with van der Waals surface area (Å²) in [6.07, 6.45) is 0.689. The predicted octanol–water partition coefficient (Wildman–Crippen LogP) is 2.07. The molecular formula is C10H13O2Si. The van der Waals surface area contributed by atoms with E-state index in [2.05, 4.69) is 23.5 Å². The van der Waals surface area contributed by atoms with Gasteiger partial charge in [-0.2, -0.15) is 0 Å². The van der Waals surface area contributed by atoms with Crippen LogP contribution in [0, 0.1) is 0 Å². The molecule has 0 aliphatic heterocycles. The van der Waals surface area contributed by atoms with Crippen LogP contribution in [0.25, 0.3) is 0 Å². The van der Waals surface area contributed by atoms with Crippen LogP contribution in [0.15, 0.2) is 24.3 Å². The second-order valence-electron chi connectivity index (χ2n) is 2.76. The van der Waals surface area contributed by atoms with Gasteiger partial charge in [0.25, 0.3) is 10.5 Å². The fourth-order valence-corrected chi connectivity index (χ4v) is 1.16. The maximum Gasteiger partial charge on any atom is 0.251 e. The van der Waals surface area contributed by atoms with Crippen molar-refractivity contribution in [3.05, 3.63) is 29.8 Å². The summed E-state index contributed by atoms with van der Waals surface area (Å²) in [4.78, 5) is 0. The van der Waals surface area contributed by atoms with Gasteiger partial charge in [-0.05, 0) is 25.0 Å². The first kappa shape index (κ1) is 10.3. The zero-order valence-corrected chi connectivity index (χ0v) is 8.91. The molecule has 0 saturated carbocycles. The summed E-state index contributed by atoms with van der Waals surface area (Å²) < 4.78 is 10.4. The molecule has 69 valence electrons. The van der Waals surface area contributed by atoms with E-state index in [4.69, 9.17) is 9.16 Å². The van der Waals surface area contributed by atoms with Gasteiger partial charge in [-0.1, -0.05) is 25.1 Å². The average Bonchev–Trinajstić information content (AvgIpc) is 2.18. The Morgan fingerprint density at radius 2 is 2.08 bits per heavy atom. The Morgan fingerprint density at radius 3 is 2.69 bits per heavy atom. The van der Waals surface area contributed by atoms with Gasteiger partial charge in [-0.3, -0.25) is 0 Å². The zero-order chi connectivity index (χ0) is 9.68. The van der Waals surface area contributed by atoms with Gasteiger partial charge < -0.3 is 9.16 Å². The lowest BCUT2D eigenvalue weighted by molar-refractivity contribution is 0.0289. The highest BCUT2D eigenvalue weighted by molar-refractivity contribution is 5.98. The van der Waals surface area contributed by atoms with Crippen molar-refractivity contribution in [2.45, 2.75) is 26.6 Å². The van der Waals surface area contributed by atoms with Crippen LogP contribution in [0.5, 0.6) is 5.75 Å². The minimum atomic E-state index is -0.274. The van der Waals surface area contributed by atoms with Crippen LogP contribution in [0.3, 0.4) is 0 Å². The van der Waals surface area contributed by atoms with Gasteiger partial charge in [0.15, 0.2) is 6.29 Å². The number of aryl methyl sites for hydroxylation is 1. The van der Waals surface area contributed by atoms with Gasteiger partial charge in [0, 0.05) is 0 Å². The van der Waals surface area contributed by atoms with Gasteiger partial charge in [0.2, 0.25) is 0 Å². The standard InChI is InChI=1S/C10H13O2Si/c1-3-9-6-4-5-7-10(9)11-8(2)12-13/h4-8H,3H2,1-2H3. The molecule has 0 aliphatic carbocycles. The first-order valence-electron chi connectivity index (χ1n) is 4.35.